The molecule has 0 spiro atoms. The van der Waals surface area contributed by atoms with E-state index in [1.807, 2.05) is 6.92 Å². The van der Waals surface area contributed by atoms with Gasteiger partial charge in [0.25, 0.3) is 10.0 Å². The summed E-state index contributed by atoms with van der Waals surface area (Å²) in [6.45, 7) is 2.90. The zero-order valence-electron chi connectivity index (χ0n) is 20.4. The van der Waals surface area contributed by atoms with Crippen molar-refractivity contribution < 1.29 is 18.0 Å². The van der Waals surface area contributed by atoms with Crippen molar-refractivity contribution in [1.29, 1.82) is 0 Å². The van der Waals surface area contributed by atoms with Crippen LogP contribution in [0.5, 0.6) is 0 Å². The van der Waals surface area contributed by atoms with Crippen LogP contribution in [0.4, 0.5) is 5.69 Å². The van der Waals surface area contributed by atoms with Crippen molar-refractivity contribution in [2.24, 2.45) is 0 Å². The van der Waals surface area contributed by atoms with Crippen LogP contribution >= 0.6 is 34.8 Å². The number of nitrogens with one attached hydrogen (secondary N) is 1. The van der Waals surface area contributed by atoms with Crippen molar-refractivity contribution in [1.82, 2.24) is 10.2 Å². The second kappa shape index (κ2) is 12.2. The van der Waals surface area contributed by atoms with Gasteiger partial charge in [-0.3, -0.25) is 13.9 Å². The van der Waals surface area contributed by atoms with E-state index in [1.165, 1.54) is 36.2 Å². The van der Waals surface area contributed by atoms with E-state index >= 15 is 0 Å². The Balaban J connectivity index is 2.03. The molecule has 0 aromatic heterocycles. The van der Waals surface area contributed by atoms with Gasteiger partial charge in [0.2, 0.25) is 11.8 Å². The highest BCUT2D eigenvalue weighted by Crippen LogP contribution is 2.27. The standard InChI is InChI=1S/C26H26Cl3N3O4S/c1-17-4-9-21(10-5-17)32(37(35,36)22-11-7-20(27)8-12-22)16-25(33)31(18(2)26(34)30-3)15-19-6-13-23(28)24(29)14-19/h4-14,18H,15-16H2,1-3H3,(H,30,34). The summed E-state index contributed by atoms with van der Waals surface area (Å²) in [7, 11) is -2.70. The first-order chi connectivity index (χ1) is 17.4. The number of hydrogen-bond donors (Lipinski definition) is 1. The number of halogens is 3. The molecule has 0 aliphatic heterocycles. The largest absolute Gasteiger partial charge is 0.357 e. The second-order valence-electron chi connectivity index (χ2n) is 8.36. The Hall–Kier alpha value is -2.78. The molecule has 3 aromatic carbocycles. The van der Waals surface area contributed by atoms with Crippen molar-refractivity contribution in [3.63, 3.8) is 0 Å². The van der Waals surface area contributed by atoms with Gasteiger partial charge in [0, 0.05) is 18.6 Å². The normalized spacial score (nSPS) is 12.1. The van der Waals surface area contributed by atoms with Crippen LogP contribution in [-0.2, 0) is 26.2 Å². The van der Waals surface area contributed by atoms with Crippen LogP contribution in [0.2, 0.25) is 15.1 Å². The molecule has 0 bridgehead atoms. The third-order valence-electron chi connectivity index (χ3n) is 5.75. The van der Waals surface area contributed by atoms with Gasteiger partial charge in [-0.05, 0) is 67.9 Å². The lowest BCUT2D eigenvalue weighted by Gasteiger charge is -2.32. The van der Waals surface area contributed by atoms with E-state index in [1.54, 1.807) is 49.4 Å². The zero-order chi connectivity index (χ0) is 27.3. The second-order valence-corrected chi connectivity index (χ2v) is 11.5. The average Bonchev–Trinajstić information content (AvgIpc) is 2.87. The van der Waals surface area contributed by atoms with Crippen LogP contribution in [0.15, 0.2) is 71.6 Å². The van der Waals surface area contributed by atoms with Crippen molar-refractivity contribution in [3.8, 4) is 0 Å². The number of amides is 2. The van der Waals surface area contributed by atoms with Crippen LogP contribution in [0.3, 0.4) is 0 Å². The number of likely N-dealkylation sites (N-methyl/N-ethyl adjacent to an activating group) is 1. The van der Waals surface area contributed by atoms with Crippen LogP contribution < -0.4 is 9.62 Å². The van der Waals surface area contributed by atoms with E-state index < -0.39 is 34.4 Å². The van der Waals surface area contributed by atoms with Crippen LogP contribution in [-0.4, -0.2) is 44.8 Å². The Kier molecular flexibility index (Phi) is 9.47. The van der Waals surface area contributed by atoms with E-state index in [4.69, 9.17) is 34.8 Å². The Morgan fingerprint density at radius 1 is 0.919 bits per heavy atom. The summed E-state index contributed by atoms with van der Waals surface area (Å²) in [5.74, 6) is -0.990. The molecule has 7 nitrogen and oxygen atoms in total. The zero-order valence-corrected chi connectivity index (χ0v) is 23.5. The fourth-order valence-corrected chi connectivity index (χ4v) is 5.46. The molecule has 0 saturated heterocycles. The Morgan fingerprint density at radius 3 is 2.11 bits per heavy atom. The van der Waals surface area contributed by atoms with Gasteiger partial charge in [0.1, 0.15) is 12.6 Å². The fourth-order valence-electron chi connectivity index (χ4n) is 3.60. The first kappa shape index (κ1) is 28.8. The highest BCUT2D eigenvalue weighted by Gasteiger charge is 2.32. The monoisotopic (exact) mass is 581 g/mol. The molecule has 1 atom stereocenters. The summed E-state index contributed by atoms with van der Waals surface area (Å²) in [4.78, 5) is 27.5. The number of carbonyl (C=O) groups excluding carboxylic acids is 2. The lowest BCUT2D eigenvalue weighted by molar-refractivity contribution is -0.139. The maximum Gasteiger partial charge on any atom is 0.264 e. The van der Waals surface area contributed by atoms with Gasteiger partial charge in [-0.15, -0.1) is 0 Å². The van der Waals surface area contributed by atoms with Crippen LogP contribution in [0.1, 0.15) is 18.1 Å². The average molecular weight is 583 g/mol. The molecular formula is C26H26Cl3N3O4S. The first-order valence-electron chi connectivity index (χ1n) is 11.2. The van der Waals surface area contributed by atoms with Gasteiger partial charge in [0.05, 0.1) is 20.6 Å². The highest BCUT2D eigenvalue weighted by molar-refractivity contribution is 7.92. The van der Waals surface area contributed by atoms with E-state index in [0.717, 1.165) is 9.87 Å². The van der Waals surface area contributed by atoms with Crippen molar-refractivity contribution in [2.45, 2.75) is 31.3 Å². The molecule has 0 saturated carbocycles. The van der Waals surface area contributed by atoms with Crippen molar-refractivity contribution in [2.75, 3.05) is 17.9 Å². The molecule has 11 heteroatoms. The number of nitrogens with zero attached hydrogens (tertiary/aromatic N) is 2. The molecule has 0 fully saturated rings. The molecule has 0 aliphatic rings. The number of hydrogen-bond acceptors (Lipinski definition) is 4. The number of benzene rings is 3. The minimum Gasteiger partial charge on any atom is -0.357 e. The topological polar surface area (TPSA) is 86.8 Å². The van der Waals surface area contributed by atoms with E-state index in [-0.39, 0.29) is 11.4 Å². The first-order valence-corrected chi connectivity index (χ1v) is 13.8. The molecule has 0 radical (unpaired) electrons. The Labute approximate surface area is 232 Å². The maximum absolute atomic E-state index is 13.7. The number of sulfonamides is 1. The molecule has 0 heterocycles. The summed E-state index contributed by atoms with van der Waals surface area (Å²) in [5.41, 5.74) is 1.85. The predicted octanol–water partition coefficient (Wildman–Crippen LogP) is 5.31. The fraction of sp³-hybridized carbons (Fsp3) is 0.231. The molecule has 37 heavy (non-hydrogen) atoms. The summed E-state index contributed by atoms with van der Waals surface area (Å²) < 4.78 is 28.4. The number of aryl methyl sites for hydroxylation is 1. The third kappa shape index (κ3) is 6.96. The number of rotatable bonds is 9. The van der Waals surface area contributed by atoms with Gasteiger partial charge in [0.15, 0.2) is 0 Å². The van der Waals surface area contributed by atoms with Crippen molar-refractivity contribution >= 4 is 62.3 Å². The number of carbonyl (C=O) groups is 2. The summed E-state index contributed by atoms with van der Waals surface area (Å²) in [6.07, 6.45) is 0. The van der Waals surface area contributed by atoms with Crippen LogP contribution in [0.25, 0.3) is 0 Å². The van der Waals surface area contributed by atoms with E-state index in [9.17, 15) is 18.0 Å². The molecule has 0 aliphatic carbocycles. The highest BCUT2D eigenvalue weighted by atomic mass is 35.5. The van der Waals surface area contributed by atoms with Crippen molar-refractivity contribution in [3.05, 3.63) is 92.9 Å². The lowest BCUT2D eigenvalue weighted by Crippen LogP contribution is -2.50. The van der Waals surface area contributed by atoms with Gasteiger partial charge in [-0.2, -0.15) is 0 Å². The lowest BCUT2D eigenvalue weighted by atomic mass is 10.1. The smallest absolute Gasteiger partial charge is 0.264 e. The molecule has 196 valence electrons. The van der Waals surface area contributed by atoms with Gasteiger partial charge >= 0.3 is 0 Å². The third-order valence-corrected chi connectivity index (χ3v) is 8.53. The Morgan fingerprint density at radius 2 is 1.54 bits per heavy atom. The van der Waals surface area contributed by atoms with Crippen LogP contribution in [0, 0.1) is 6.92 Å². The number of anilines is 1. The molecule has 1 N–H and O–H groups in total. The molecule has 1 unspecified atom stereocenters. The van der Waals surface area contributed by atoms with E-state index in [0.29, 0.717) is 26.3 Å². The Bertz CT molecular complexity index is 1380. The van der Waals surface area contributed by atoms with Gasteiger partial charge in [-0.1, -0.05) is 58.6 Å². The molecule has 3 aromatic rings. The predicted molar refractivity (Wildman–Crippen MR) is 148 cm³/mol. The SMILES string of the molecule is CNC(=O)C(C)N(Cc1ccc(Cl)c(Cl)c1)C(=O)CN(c1ccc(C)cc1)S(=O)(=O)c1ccc(Cl)cc1. The molecule has 2 amide bonds. The minimum atomic E-state index is -4.16. The summed E-state index contributed by atoms with van der Waals surface area (Å²) in [6, 6.07) is 16.4. The quantitative estimate of drug-likeness (QED) is 0.370. The maximum atomic E-state index is 13.7. The molecular weight excluding hydrogens is 557 g/mol. The van der Waals surface area contributed by atoms with Gasteiger partial charge < -0.3 is 10.2 Å². The minimum absolute atomic E-state index is 0.00698. The summed E-state index contributed by atoms with van der Waals surface area (Å²) in [5, 5.41) is 3.56. The molecule has 3 rings (SSSR count). The van der Waals surface area contributed by atoms with Gasteiger partial charge in [-0.25, -0.2) is 8.42 Å². The summed E-state index contributed by atoms with van der Waals surface area (Å²) >= 11 is 18.1. The van der Waals surface area contributed by atoms with E-state index in [2.05, 4.69) is 5.32 Å².